The minimum atomic E-state index is -0.962. The summed E-state index contributed by atoms with van der Waals surface area (Å²) in [6.07, 6.45) is 0. The van der Waals surface area contributed by atoms with Gasteiger partial charge in [0.1, 0.15) is 5.82 Å². The quantitative estimate of drug-likeness (QED) is 0.748. The van der Waals surface area contributed by atoms with Crippen molar-refractivity contribution in [1.29, 1.82) is 0 Å². The zero-order valence-corrected chi connectivity index (χ0v) is 13.6. The van der Waals surface area contributed by atoms with Crippen LogP contribution < -0.4 is 4.90 Å². The van der Waals surface area contributed by atoms with Gasteiger partial charge in [-0.2, -0.15) is 0 Å². The molecule has 120 valence electrons. The zero-order chi connectivity index (χ0) is 16.7. The summed E-state index contributed by atoms with van der Waals surface area (Å²) in [5.41, 5.74) is 0.896. The van der Waals surface area contributed by atoms with Crippen LogP contribution in [0.25, 0.3) is 0 Å². The van der Waals surface area contributed by atoms with Crippen molar-refractivity contribution >= 4 is 27.6 Å². The number of anilines is 1. The normalized spacial score (nSPS) is 18.0. The topological polar surface area (TPSA) is 23.6 Å². The van der Waals surface area contributed by atoms with Crippen molar-refractivity contribution < 1.29 is 18.0 Å². The van der Waals surface area contributed by atoms with Crippen molar-refractivity contribution in [2.75, 3.05) is 18.5 Å². The molecule has 3 nitrogen and oxygen atoms in total. The lowest BCUT2D eigenvalue weighted by Crippen LogP contribution is -2.29. The van der Waals surface area contributed by atoms with Gasteiger partial charge < -0.3 is 4.90 Å². The number of hydrogen-bond acceptors (Lipinski definition) is 1. The highest BCUT2D eigenvalue weighted by molar-refractivity contribution is 9.10. The van der Waals surface area contributed by atoms with E-state index in [4.69, 9.17) is 0 Å². The number of carbonyl (C=O) groups excluding carboxylic acids is 1. The van der Waals surface area contributed by atoms with Crippen LogP contribution in [0.2, 0.25) is 0 Å². The lowest BCUT2D eigenvalue weighted by atomic mass is 10.1. The Morgan fingerprint density at radius 1 is 1.04 bits per heavy atom. The van der Waals surface area contributed by atoms with Crippen LogP contribution in [0.15, 0.2) is 40.9 Å². The van der Waals surface area contributed by atoms with Crippen LogP contribution in [0.4, 0.5) is 23.7 Å². The molecule has 1 aliphatic rings. The number of halogens is 4. The molecule has 1 fully saturated rings. The van der Waals surface area contributed by atoms with E-state index in [1.807, 2.05) is 0 Å². The van der Waals surface area contributed by atoms with Crippen LogP contribution in [0.3, 0.4) is 0 Å². The third kappa shape index (κ3) is 2.81. The van der Waals surface area contributed by atoms with Gasteiger partial charge in [-0.25, -0.2) is 18.0 Å². The zero-order valence-electron chi connectivity index (χ0n) is 12.1. The predicted molar refractivity (Wildman–Crippen MR) is 83.7 cm³/mol. The van der Waals surface area contributed by atoms with Crippen molar-refractivity contribution in [2.24, 2.45) is 0 Å². The number of amides is 2. The number of nitrogens with zero attached hydrogens (tertiary/aromatic N) is 2. The molecule has 1 heterocycles. The summed E-state index contributed by atoms with van der Waals surface area (Å²) in [6.45, 7) is 0.224. The van der Waals surface area contributed by atoms with Gasteiger partial charge in [0.05, 0.1) is 17.1 Å². The average Bonchev–Trinajstić information content (AvgIpc) is 2.81. The maximum Gasteiger partial charge on any atom is 0.324 e. The van der Waals surface area contributed by atoms with E-state index in [2.05, 4.69) is 15.9 Å². The largest absolute Gasteiger partial charge is 0.324 e. The van der Waals surface area contributed by atoms with Crippen LogP contribution in [-0.4, -0.2) is 24.5 Å². The van der Waals surface area contributed by atoms with Gasteiger partial charge >= 0.3 is 6.03 Å². The van der Waals surface area contributed by atoms with Crippen LogP contribution in [0.5, 0.6) is 0 Å². The fourth-order valence-corrected chi connectivity index (χ4v) is 2.86. The molecule has 1 unspecified atom stereocenters. The van der Waals surface area contributed by atoms with Crippen LogP contribution >= 0.6 is 15.9 Å². The Labute approximate surface area is 139 Å². The first-order chi connectivity index (χ1) is 10.9. The maximum atomic E-state index is 13.7. The highest BCUT2D eigenvalue weighted by Crippen LogP contribution is 2.33. The minimum Gasteiger partial charge on any atom is -0.319 e. The molecule has 2 amide bonds. The third-order valence-electron chi connectivity index (χ3n) is 3.90. The maximum absolute atomic E-state index is 13.7. The van der Waals surface area contributed by atoms with Crippen molar-refractivity contribution in [2.45, 2.75) is 6.04 Å². The molecule has 0 bridgehead atoms. The Bertz CT molecular complexity index is 784. The van der Waals surface area contributed by atoms with Gasteiger partial charge in [-0.1, -0.05) is 6.07 Å². The van der Waals surface area contributed by atoms with E-state index < -0.39 is 23.5 Å². The second kappa shape index (κ2) is 5.88. The molecular weight excluding hydrogens is 373 g/mol. The van der Waals surface area contributed by atoms with E-state index in [1.165, 1.54) is 28.0 Å². The first-order valence-electron chi connectivity index (χ1n) is 6.83. The Hall–Kier alpha value is -2.02. The smallest absolute Gasteiger partial charge is 0.319 e. The molecule has 7 heteroatoms. The SMILES string of the molecule is CN1C(=O)N(c2ccc(Br)c(F)c2)CC1c1ccc(F)c(F)c1. The molecule has 0 aromatic heterocycles. The Morgan fingerprint density at radius 3 is 2.43 bits per heavy atom. The van der Waals surface area contributed by atoms with Gasteiger partial charge in [-0.15, -0.1) is 0 Å². The summed E-state index contributed by atoms with van der Waals surface area (Å²) in [4.78, 5) is 15.2. The van der Waals surface area contributed by atoms with Crippen LogP contribution in [0, 0.1) is 17.5 Å². The summed E-state index contributed by atoms with van der Waals surface area (Å²) in [5, 5.41) is 0. The lowest BCUT2D eigenvalue weighted by Gasteiger charge is -2.18. The van der Waals surface area contributed by atoms with E-state index in [-0.39, 0.29) is 12.6 Å². The van der Waals surface area contributed by atoms with E-state index in [1.54, 1.807) is 13.1 Å². The van der Waals surface area contributed by atoms with Gasteiger partial charge in [-0.05, 0) is 51.8 Å². The monoisotopic (exact) mass is 384 g/mol. The molecule has 0 radical (unpaired) electrons. The highest BCUT2D eigenvalue weighted by Gasteiger charge is 2.36. The molecule has 1 saturated heterocycles. The van der Waals surface area contributed by atoms with Crippen molar-refractivity contribution in [1.82, 2.24) is 4.90 Å². The fraction of sp³-hybridized carbons (Fsp3) is 0.188. The second-order valence-electron chi connectivity index (χ2n) is 5.29. The Balaban J connectivity index is 1.92. The predicted octanol–water partition coefficient (Wildman–Crippen LogP) is 4.48. The number of benzene rings is 2. The molecule has 2 aromatic rings. The average molecular weight is 385 g/mol. The van der Waals surface area contributed by atoms with Gasteiger partial charge in [-0.3, -0.25) is 4.90 Å². The van der Waals surface area contributed by atoms with Crippen molar-refractivity contribution in [3.63, 3.8) is 0 Å². The van der Waals surface area contributed by atoms with Crippen molar-refractivity contribution in [3.8, 4) is 0 Å². The van der Waals surface area contributed by atoms with Gasteiger partial charge in [0, 0.05) is 12.7 Å². The number of urea groups is 1. The number of carbonyl (C=O) groups is 1. The molecule has 23 heavy (non-hydrogen) atoms. The number of rotatable bonds is 2. The van der Waals surface area contributed by atoms with E-state index >= 15 is 0 Å². The summed E-state index contributed by atoms with van der Waals surface area (Å²) in [7, 11) is 1.57. The molecule has 3 rings (SSSR count). The Kier molecular flexibility index (Phi) is 4.06. The summed E-state index contributed by atoms with van der Waals surface area (Å²) < 4.78 is 40.5. The minimum absolute atomic E-state index is 0.224. The molecular formula is C16H12BrF3N2O. The number of hydrogen-bond donors (Lipinski definition) is 0. The molecule has 0 N–H and O–H groups in total. The van der Waals surface area contributed by atoms with Crippen LogP contribution in [-0.2, 0) is 0 Å². The Morgan fingerprint density at radius 2 is 1.78 bits per heavy atom. The molecule has 0 spiro atoms. The van der Waals surface area contributed by atoms with Gasteiger partial charge in [0.25, 0.3) is 0 Å². The third-order valence-corrected chi connectivity index (χ3v) is 4.54. The summed E-state index contributed by atoms with van der Waals surface area (Å²) in [6, 6.07) is 7.17. The van der Waals surface area contributed by atoms with E-state index in [0.717, 1.165) is 12.1 Å². The number of likely N-dealkylation sites (N-methyl/N-ethyl adjacent to an activating group) is 1. The van der Waals surface area contributed by atoms with Gasteiger partial charge in [0.15, 0.2) is 11.6 Å². The molecule has 1 atom stereocenters. The summed E-state index contributed by atoms with van der Waals surface area (Å²) >= 11 is 3.06. The first-order valence-corrected chi connectivity index (χ1v) is 7.62. The van der Waals surface area contributed by atoms with Crippen molar-refractivity contribution in [3.05, 3.63) is 63.9 Å². The molecule has 1 aliphatic heterocycles. The first kappa shape index (κ1) is 15.9. The molecule has 0 aliphatic carbocycles. The standard InChI is InChI=1S/C16H12BrF3N2O/c1-21-15(9-2-5-12(18)14(20)6-9)8-22(16(21)23)10-3-4-11(17)13(19)7-10/h2-7,15H,8H2,1H3. The molecule has 0 saturated carbocycles. The molecule has 2 aromatic carbocycles. The second-order valence-corrected chi connectivity index (χ2v) is 6.15. The van der Waals surface area contributed by atoms with E-state index in [0.29, 0.717) is 15.7 Å². The highest BCUT2D eigenvalue weighted by atomic mass is 79.9. The van der Waals surface area contributed by atoms with Gasteiger partial charge in [0.2, 0.25) is 0 Å². The summed E-state index contributed by atoms with van der Waals surface area (Å²) in [5.74, 6) is -2.38. The van der Waals surface area contributed by atoms with Crippen LogP contribution in [0.1, 0.15) is 11.6 Å². The lowest BCUT2D eigenvalue weighted by molar-refractivity contribution is 0.219. The van der Waals surface area contributed by atoms with E-state index in [9.17, 15) is 18.0 Å². The fourth-order valence-electron chi connectivity index (χ4n) is 2.61.